The monoisotopic (exact) mass is 262 g/mol. The fourth-order valence-electron chi connectivity index (χ4n) is 0.436. The van der Waals surface area contributed by atoms with Crippen molar-refractivity contribution < 1.29 is 42.2 Å². The second-order valence-electron chi connectivity index (χ2n) is 2.63. The molecule has 0 fully saturated rings. The summed E-state index contributed by atoms with van der Waals surface area (Å²) in [4.78, 5) is 0. The average Bonchev–Trinajstić information content (AvgIpc) is 2.15. The Balaban J connectivity index is -0.000000124. The number of hydrogen-bond donors (Lipinski definition) is 0. The van der Waals surface area contributed by atoms with Gasteiger partial charge in [0.2, 0.25) is 0 Å². The Labute approximate surface area is 98.8 Å². The second-order valence-corrected chi connectivity index (χ2v) is 6.21. The molecular weight excluding hydrogens is 249 g/mol. The van der Waals surface area contributed by atoms with Crippen molar-refractivity contribution in [2.45, 2.75) is 6.42 Å². The van der Waals surface area contributed by atoms with E-state index in [0.717, 1.165) is 6.42 Å². The maximum absolute atomic E-state index is 2.54. The van der Waals surface area contributed by atoms with Crippen molar-refractivity contribution in [1.29, 1.82) is 0 Å². The molecule has 0 amide bonds. The van der Waals surface area contributed by atoms with Crippen LogP contribution in [-0.2, 0) is 17.4 Å². The molecule has 0 aromatic carbocycles. The van der Waals surface area contributed by atoms with Crippen molar-refractivity contribution in [2.75, 3.05) is 20.0 Å². The zero-order valence-electron chi connectivity index (χ0n) is 7.59. The van der Waals surface area contributed by atoms with Crippen LogP contribution in [0.4, 0.5) is 0 Å². The number of allylic oxidation sites excluding steroid dienone is 4. The average molecular weight is 263 g/mol. The summed E-state index contributed by atoms with van der Waals surface area (Å²) in [6.45, 7) is 6.69. The molecule has 1 rings (SSSR count). The molecule has 1 aliphatic carbocycles. The first kappa shape index (κ1) is 18.8. The van der Waals surface area contributed by atoms with Gasteiger partial charge >= 0.3 is 46.4 Å². The van der Waals surface area contributed by atoms with Crippen LogP contribution < -0.4 is 24.8 Å². The normalized spacial score (nSPS) is 12.1. The Hall–Kier alpha value is 1.07. The predicted molar refractivity (Wildman–Crippen MR) is 46.5 cm³/mol. The van der Waals surface area contributed by atoms with Crippen LogP contribution >= 0.6 is 7.92 Å². The summed E-state index contributed by atoms with van der Waals surface area (Å²) in [6.07, 6.45) is 7.47. The van der Waals surface area contributed by atoms with E-state index in [9.17, 15) is 0 Å². The summed E-state index contributed by atoms with van der Waals surface area (Å²) in [7, 11) is 0.380. The van der Waals surface area contributed by atoms with E-state index >= 15 is 0 Å². The van der Waals surface area contributed by atoms with Crippen LogP contribution in [0.3, 0.4) is 0 Å². The summed E-state index contributed by atoms with van der Waals surface area (Å²) in [6, 6.07) is 0. The van der Waals surface area contributed by atoms with Crippen LogP contribution in [-0.4, -0.2) is 20.0 Å². The molecule has 0 heterocycles. The van der Waals surface area contributed by atoms with Crippen LogP contribution in [0.5, 0.6) is 0 Å². The Morgan fingerprint density at radius 2 is 1.67 bits per heavy atom. The van der Waals surface area contributed by atoms with Gasteiger partial charge in [-0.15, -0.1) is 7.92 Å². The molecule has 0 radical (unpaired) electrons. The Morgan fingerprint density at radius 3 is 1.75 bits per heavy atom. The molecule has 0 N–H and O–H groups in total. The van der Waals surface area contributed by atoms with E-state index in [1.54, 1.807) is 0 Å². The van der Waals surface area contributed by atoms with E-state index in [4.69, 9.17) is 0 Å². The van der Waals surface area contributed by atoms with Gasteiger partial charge in [0, 0.05) is 0 Å². The summed E-state index contributed by atoms with van der Waals surface area (Å²) in [5.41, 5.74) is 0. The van der Waals surface area contributed by atoms with Crippen LogP contribution in [0.1, 0.15) is 6.42 Å². The third kappa shape index (κ3) is 17.2. The van der Waals surface area contributed by atoms with Crippen molar-refractivity contribution in [1.82, 2.24) is 0 Å². The number of hydrogen-bond acceptors (Lipinski definition) is 0. The fraction of sp³-hybridized carbons (Fsp3) is 0.500. The van der Waals surface area contributed by atoms with Crippen LogP contribution in [0, 0.1) is 0 Å². The summed E-state index contributed by atoms with van der Waals surface area (Å²) in [5, 5.41) is 0. The van der Waals surface area contributed by atoms with Gasteiger partial charge < -0.3 is 24.8 Å². The van der Waals surface area contributed by atoms with Crippen LogP contribution in [0.2, 0.25) is 0 Å². The minimum atomic E-state index is 0. The first-order valence-electron chi connectivity index (χ1n) is 3.28. The molecule has 0 aromatic heterocycles. The van der Waals surface area contributed by atoms with Crippen molar-refractivity contribution >= 4 is 7.92 Å². The molecule has 0 atom stereocenters. The van der Waals surface area contributed by atoms with E-state index in [1.165, 1.54) is 4.28 Å². The molecule has 70 valence electrons. The first-order chi connectivity index (χ1) is 4.63. The van der Waals surface area contributed by atoms with Gasteiger partial charge in [-0.3, -0.25) is 0 Å². The Kier molecular flexibility index (Phi) is 18.9. The van der Waals surface area contributed by atoms with Gasteiger partial charge in [0.05, 0.1) is 0 Å². The van der Waals surface area contributed by atoms with Gasteiger partial charge in [-0.2, -0.15) is 0 Å². The standard InChI is InChI=1S/C5H5.C3H9P.2ClH.V/c1-2-4-5-3-1;1-4(2)3;;;/h1-3H,4H2;1-3H3;2*1H;/q;;;;+2/p-2. The molecule has 0 aliphatic heterocycles. The van der Waals surface area contributed by atoms with E-state index < -0.39 is 0 Å². The Bertz CT molecular complexity index is 141. The molecule has 0 spiro atoms. The molecule has 0 nitrogen and oxygen atoms in total. The number of rotatable bonds is 0. The fourth-order valence-corrected chi connectivity index (χ4v) is 0.735. The molecule has 0 saturated heterocycles. The molecule has 0 aromatic rings. The van der Waals surface area contributed by atoms with Crippen molar-refractivity contribution in [2.24, 2.45) is 0 Å². The van der Waals surface area contributed by atoms with Gasteiger partial charge in [0.15, 0.2) is 0 Å². The van der Waals surface area contributed by atoms with Gasteiger partial charge in [0.25, 0.3) is 0 Å². The second kappa shape index (κ2) is 12.1. The van der Waals surface area contributed by atoms with Gasteiger partial charge in [-0.25, -0.2) is 0 Å². The summed E-state index contributed by atoms with van der Waals surface area (Å²) in [5.74, 6) is 0. The minimum absolute atomic E-state index is 0. The molecule has 0 bridgehead atoms. The van der Waals surface area contributed by atoms with E-state index in [-0.39, 0.29) is 24.8 Å². The molecule has 4 heteroatoms. The maximum atomic E-state index is 2.54. The predicted octanol–water partition coefficient (Wildman–Crippen LogP) is -3.26. The summed E-state index contributed by atoms with van der Waals surface area (Å²) >= 11 is 2.54. The van der Waals surface area contributed by atoms with Gasteiger partial charge in [-0.05, 0) is 20.0 Å². The SMILES string of the molecule is CP(C)C.[Cl-].[Cl-].[V+2][C]1=CC=CC1. The van der Waals surface area contributed by atoms with Crippen molar-refractivity contribution in [3.63, 3.8) is 0 Å². The first-order valence-corrected chi connectivity index (χ1v) is 6.66. The number of halogens is 2. The topological polar surface area (TPSA) is 0 Å². The van der Waals surface area contributed by atoms with Crippen LogP contribution in [0.15, 0.2) is 22.5 Å². The van der Waals surface area contributed by atoms with Crippen LogP contribution in [0.25, 0.3) is 0 Å². The van der Waals surface area contributed by atoms with Gasteiger partial charge in [0.1, 0.15) is 0 Å². The van der Waals surface area contributed by atoms with Crippen molar-refractivity contribution in [3.05, 3.63) is 22.5 Å². The zero-order chi connectivity index (χ0) is 7.98. The molecule has 0 saturated carbocycles. The molecule has 0 unspecified atom stereocenters. The van der Waals surface area contributed by atoms with E-state index in [2.05, 4.69) is 55.6 Å². The third-order valence-electron chi connectivity index (χ3n) is 0.752. The molecule has 12 heavy (non-hydrogen) atoms. The van der Waals surface area contributed by atoms with Gasteiger partial charge in [-0.1, -0.05) is 0 Å². The van der Waals surface area contributed by atoms with E-state index in [0.29, 0.717) is 7.92 Å². The zero-order valence-corrected chi connectivity index (χ0v) is 11.4. The molecular formula is C8H14Cl2PV. The summed E-state index contributed by atoms with van der Waals surface area (Å²) < 4.78 is 1.41. The quantitative estimate of drug-likeness (QED) is 0.403. The van der Waals surface area contributed by atoms with E-state index in [1.807, 2.05) is 0 Å². The Morgan fingerprint density at radius 1 is 1.25 bits per heavy atom. The third-order valence-corrected chi connectivity index (χ3v) is 1.27. The molecule has 1 aliphatic rings. The van der Waals surface area contributed by atoms with Crippen molar-refractivity contribution in [3.8, 4) is 0 Å².